The third-order valence-corrected chi connectivity index (χ3v) is 4.47. The van der Waals surface area contributed by atoms with Crippen molar-refractivity contribution in [3.63, 3.8) is 0 Å². The molecule has 0 radical (unpaired) electrons. The van der Waals surface area contributed by atoms with Crippen molar-refractivity contribution >= 4 is 17.4 Å². The van der Waals surface area contributed by atoms with Crippen LogP contribution < -0.4 is 10.5 Å². The Balaban J connectivity index is 1.48. The first-order chi connectivity index (χ1) is 10.3. The van der Waals surface area contributed by atoms with Crippen LogP contribution in [0, 0.1) is 0 Å². The lowest BCUT2D eigenvalue weighted by molar-refractivity contribution is 0.343. The van der Waals surface area contributed by atoms with Gasteiger partial charge in [0.15, 0.2) is 0 Å². The smallest absolute Gasteiger partial charge is 0.209 e. The maximum absolute atomic E-state index is 5.71. The Morgan fingerprint density at radius 2 is 2.19 bits per heavy atom. The summed E-state index contributed by atoms with van der Waals surface area (Å²) >= 11 is 1.63. The Kier molecular flexibility index (Phi) is 4.59. The van der Waals surface area contributed by atoms with Gasteiger partial charge in [-0.15, -0.1) is 5.10 Å². The minimum absolute atomic E-state index is 0.470. The first kappa shape index (κ1) is 14.2. The van der Waals surface area contributed by atoms with Gasteiger partial charge >= 0.3 is 0 Å². The number of hydrogen-bond acceptors (Lipinski definition) is 6. The van der Waals surface area contributed by atoms with Crippen LogP contribution in [0.25, 0.3) is 0 Å². The summed E-state index contributed by atoms with van der Waals surface area (Å²) in [5, 5.41) is 12.9. The molecule has 21 heavy (non-hydrogen) atoms. The Morgan fingerprint density at radius 1 is 1.33 bits per heavy atom. The van der Waals surface area contributed by atoms with E-state index in [0.717, 1.165) is 16.7 Å². The van der Waals surface area contributed by atoms with Gasteiger partial charge in [-0.2, -0.15) is 0 Å². The number of nitrogens with zero attached hydrogens (tertiary/aromatic N) is 4. The van der Waals surface area contributed by atoms with Gasteiger partial charge in [-0.1, -0.05) is 30.7 Å². The van der Waals surface area contributed by atoms with Gasteiger partial charge in [0.25, 0.3) is 0 Å². The first-order valence-electron chi connectivity index (χ1n) is 7.22. The molecule has 1 aliphatic rings. The summed E-state index contributed by atoms with van der Waals surface area (Å²) in [5.41, 5.74) is 6.43. The normalized spacial score (nSPS) is 15.4. The van der Waals surface area contributed by atoms with Crippen LogP contribution in [0.3, 0.4) is 0 Å². The summed E-state index contributed by atoms with van der Waals surface area (Å²) in [7, 11) is 0. The zero-order valence-corrected chi connectivity index (χ0v) is 12.6. The molecule has 0 amide bonds. The number of thioether (sulfide) groups is 1. The van der Waals surface area contributed by atoms with Crippen molar-refractivity contribution < 1.29 is 4.74 Å². The molecule has 6 nitrogen and oxygen atoms in total. The van der Waals surface area contributed by atoms with Crippen molar-refractivity contribution in [2.45, 2.75) is 36.9 Å². The Labute approximate surface area is 128 Å². The van der Waals surface area contributed by atoms with E-state index in [1.165, 1.54) is 25.7 Å². The number of nitrogens with two attached hydrogens (primary N) is 1. The third-order valence-electron chi connectivity index (χ3n) is 3.57. The highest BCUT2D eigenvalue weighted by molar-refractivity contribution is 7.99. The van der Waals surface area contributed by atoms with E-state index in [-0.39, 0.29) is 0 Å². The summed E-state index contributed by atoms with van der Waals surface area (Å²) in [4.78, 5) is 0. The summed E-state index contributed by atoms with van der Waals surface area (Å²) in [6.07, 6.45) is 4.90. The number of rotatable bonds is 6. The number of nitrogen functional groups attached to an aromatic ring is 1. The largest absolute Gasteiger partial charge is 0.493 e. The lowest BCUT2D eigenvalue weighted by atomic mass is 10.3. The summed E-state index contributed by atoms with van der Waals surface area (Å²) in [6.45, 7) is 0.603. The number of benzene rings is 1. The van der Waals surface area contributed by atoms with Crippen LogP contribution in [0.1, 0.15) is 31.7 Å². The second-order valence-corrected chi connectivity index (χ2v) is 6.18. The van der Waals surface area contributed by atoms with E-state index in [1.807, 2.05) is 28.9 Å². The van der Waals surface area contributed by atoms with E-state index in [4.69, 9.17) is 10.5 Å². The Bertz CT molecular complexity index is 582. The van der Waals surface area contributed by atoms with Crippen molar-refractivity contribution in [3.8, 4) is 5.75 Å². The molecule has 0 bridgehead atoms. The van der Waals surface area contributed by atoms with Crippen molar-refractivity contribution in [2.75, 3.05) is 18.1 Å². The van der Waals surface area contributed by atoms with Crippen LogP contribution >= 0.6 is 11.8 Å². The zero-order valence-electron chi connectivity index (χ0n) is 11.8. The predicted octanol–water partition coefficient (Wildman–Crippen LogP) is 2.54. The van der Waals surface area contributed by atoms with Crippen molar-refractivity contribution in [1.29, 1.82) is 0 Å². The molecule has 2 N–H and O–H groups in total. The third kappa shape index (κ3) is 3.66. The predicted molar refractivity (Wildman–Crippen MR) is 82.4 cm³/mol. The van der Waals surface area contributed by atoms with Gasteiger partial charge in [0.2, 0.25) is 5.16 Å². The summed E-state index contributed by atoms with van der Waals surface area (Å²) in [6, 6.07) is 7.93. The number of aromatic nitrogens is 4. The van der Waals surface area contributed by atoms with Gasteiger partial charge in [-0.05, 0) is 35.4 Å². The van der Waals surface area contributed by atoms with E-state index in [2.05, 4.69) is 15.5 Å². The molecule has 0 saturated heterocycles. The van der Waals surface area contributed by atoms with E-state index in [0.29, 0.717) is 18.3 Å². The Hall–Kier alpha value is -1.76. The number of tetrazole rings is 1. The molecular formula is C14H19N5OS. The minimum Gasteiger partial charge on any atom is -0.493 e. The standard InChI is InChI=1S/C14H19N5OS/c15-11-4-3-7-13(10-11)20-8-9-21-14-16-17-18-19(14)12-5-1-2-6-12/h3-4,7,10,12H,1-2,5-6,8-9,15H2. The fourth-order valence-electron chi connectivity index (χ4n) is 2.56. The maximum Gasteiger partial charge on any atom is 0.209 e. The van der Waals surface area contributed by atoms with Crippen molar-refractivity contribution in [3.05, 3.63) is 24.3 Å². The highest BCUT2D eigenvalue weighted by Gasteiger charge is 2.21. The molecule has 3 rings (SSSR count). The van der Waals surface area contributed by atoms with E-state index in [9.17, 15) is 0 Å². The van der Waals surface area contributed by atoms with Gasteiger partial charge in [0, 0.05) is 17.5 Å². The average molecular weight is 305 g/mol. The second kappa shape index (κ2) is 6.80. The fraction of sp³-hybridized carbons (Fsp3) is 0.500. The van der Waals surface area contributed by atoms with Crippen LogP contribution in [-0.2, 0) is 0 Å². The molecule has 1 aromatic carbocycles. The molecular weight excluding hydrogens is 286 g/mol. The van der Waals surface area contributed by atoms with Crippen molar-refractivity contribution in [2.24, 2.45) is 0 Å². The van der Waals surface area contributed by atoms with Crippen LogP contribution in [0.2, 0.25) is 0 Å². The minimum atomic E-state index is 0.470. The van der Waals surface area contributed by atoms with Gasteiger partial charge in [0.1, 0.15) is 5.75 Å². The number of anilines is 1. The average Bonchev–Trinajstić information content (AvgIpc) is 3.14. The van der Waals surface area contributed by atoms with E-state index < -0.39 is 0 Å². The highest BCUT2D eigenvalue weighted by atomic mass is 32.2. The highest BCUT2D eigenvalue weighted by Crippen LogP contribution is 2.31. The van der Waals surface area contributed by atoms with E-state index in [1.54, 1.807) is 11.8 Å². The van der Waals surface area contributed by atoms with Crippen LogP contribution in [-0.4, -0.2) is 32.6 Å². The monoisotopic (exact) mass is 305 g/mol. The van der Waals surface area contributed by atoms with E-state index >= 15 is 0 Å². The topological polar surface area (TPSA) is 78.8 Å². The Morgan fingerprint density at radius 3 is 3.00 bits per heavy atom. The van der Waals surface area contributed by atoms with Crippen LogP contribution in [0.4, 0.5) is 5.69 Å². The molecule has 7 heteroatoms. The molecule has 0 unspecified atom stereocenters. The fourth-order valence-corrected chi connectivity index (χ4v) is 3.32. The van der Waals surface area contributed by atoms with Gasteiger partial charge in [-0.3, -0.25) is 0 Å². The maximum atomic E-state index is 5.71. The zero-order chi connectivity index (χ0) is 14.5. The molecule has 1 saturated carbocycles. The molecule has 0 aliphatic heterocycles. The van der Waals surface area contributed by atoms with Crippen molar-refractivity contribution in [1.82, 2.24) is 20.2 Å². The molecule has 1 heterocycles. The quantitative estimate of drug-likeness (QED) is 0.502. The second-order valence-electron chi connectivity index (χ2n) is 5.11. The van der Waals surface area contributed by atoms with Gasteiger partial charge < -0.3 is 10.5 Å². The van der Waals surface area contributed by atoms with Crippen LogP contribution in [0.5, 0.6) is 5.75 Å². The summed E-state index contributed by atoms with van der Waals surface area (Å²) < 4.78 is 7.64. The number of ether oxygens (including phenoxy) is 1. The van der Waals surface area contributed by atoms with Crippen LogP contribution in [0.15, 0.2) is 29.4 Å². The molecule has 1 fully saturated rings. The number of hydrogen-bond donors (Lipinski definition) is 1. The molecule has 0 atom stereocenters. The molecule has 2 aromatic rings. The van der Waals surface area contributed by atoms with Gasteiger partial charge in [-0.25, -0.2) is 4.68 Å². The van der Waals surface area contributed by atoms with Gasteiger partial charge in [0.05, 0.1) is 12.6 Å². The molecule has 1 aromatic heterocycles. The lowest BCUT2D eigenvalue weighted by Gasteiger charge is -2.11. The SMILES string of the molecule is Nc1cccc(OCCSc2nnnn2C2CCCC2)c1. The molecule has 0 spiro atoms. The molecule has 1 aliphatic carbocycles. The molecule has 112 valence electrons. The lowest BCUT2D eigenvalue weighted by Crippen LogP contribution is -2.09. The summed E-state index contributed by atoms with van der Waals surface area (Å²) in [5.74, 6) is 1.60. The first-order valence-corrected chi connectivity index (χ1v) is 8.20.